The highest BCUT2D eigenvalue weighted by atomic mass is 31.2. The van der Waals surface area contributed by atoms with Gasteiger partial charge in [0.15, 0.2) is 7.29 Å². The number of carbonyl (C=O) groups excluding carboxylic acids is 3. The van der Waals surface area contributed by atoms with Crippen LogP contribution in [0.4, 0.5) is 5.69 Å². The lowest BCUT2D eigenvalue weighted by Crippen LogP contribution is -2.29. The number of nitrogens with zero attached hydrogens (tertiary/aromatic N) is 1. The minimum atomic E-state index is -2.98. The molecule has 0 aromatic rings. The van der Waals surface area contributed by atoms with E-state index in [0.717, 1.165) is 4.83 Å². The molecular formula is C22H29N2O7P. The number of nitrogens with two attached hydrogens (primary N) is 1. The number of esters is 2. The molecule has 0 aliphatic heterocycles. The molecule has 0 radical (unpaired) electrons. The molecule has 0 fully saturated rings. The maximum absolute atomic E-state index is 12.7. The molecular weight excluding hydrogens is 435 g/mol. The van der Waals surface area contributed by atoms with Crippen molar-refractivity contribution in [1.29, 1.82) is 0 Å². The highest BCUT2D eigenvalue weighted by molar-refractivity contribution is 7.60. The van der Waals surface area contributed by atoms with Crippen molar-refractivity contribution in [3.05, 3.63) is 41.0 Å². The quantitative estimate of drug-likeness (QED) is 0.339. The third-order valence-electron chi connectivity index (χ3n) is 4.51. The Kier molecular flexibility index (Phi) is 8.41. The zero-order valence-corrected chi connectivity index (χ0v) is 19.9. The summed E-state index contributed by atoms with van der Waals surface area (Å²) in [5.41, 5.74) is 7.65. The molecule has 0 saturated heterocycles. The highest BCUT2D eigenvalue weighted by Crippen LogP contribution is 2.42. The summed E-state index contributed by atoms with van der Waals surface area (Å²) < 4.78 is 22.6. The maximum atomic E-state index is 12.7. The summed E-state index contributed by atoms with van der Waals surface area (Å²) in [5, 5.41) is 0. The van der Waals surface area contributed by atoms with Crippen molar-refractivity contribution in [3.63, 3.8) is 0 Å². The van der Waals surface area contributed by atoms with Gasteiger partial charge >= 0.3 is 11.9 Å². The van der Waals surface area contributed by atoms with Gasteiger partial charge in [0.2, 0.25) is 0 Å². The molecule has 0 unspecified atom stereocenters. The number of nitrogen functional groups attached to an aromatic ring is 1. The first-order valence-electron chi connectivity index (χ1n) is 10.3. The van der Waals surface area contributed by atoms with E-state index in [9.17, 15) is 18.9 Å². The first-order valence-corrected chi connectivity index (χ1v) is 12.8. The Hall–Kier alpha value is -2.90. The standard InChI is InChI=1S/C22H29N2O7P/c1-6-29-21(26)18-15-11-9-14(13-17(25)24(31-8-3)32(4,5)28)10-12-16(15)19(20(18)23)22(27)30-7-2/h9-12H,6-8,13,23H2,1-5H3. The lowest BCUT2D eigenvalue weighted by atomic mass is 10.1. The zero-order chi connectivity index (χ0) is 24.1. The SMILES string of the molecule is CCOC(=O)c1c2ccc(CC(=O)N(OCC)P(C)(C)=O)ccc-2c(C(=O)OCC)c1N. The van der Waals surface area contributed by atoms with Gasteiger partial charge in [-0.1, -0.05) is 24.3 Å². The van der Waals surface area contributed by atoms with E-state index in [4.69, 9.17) is 20.0 Å². The Bertz CT molecular complexity index is 975. The number of rotatable bonds is 9. The first-order chi connectivity index (χ1) is 15.1. The van der Waals surface area contributed by atoms with Crippen LogP contribution >= 0.6 is 7.29 Å². The number of fused-ring (bicyclic) bond motifs is 1. The summed E-state index contributed by atoms with van der Waals surface area (Å²) >= 11 is 0. The van der Waals surface area contributed by atoms with Gasteiger partial charge in [0.1, 0.15) is 0 Å². The van der Waals surface area contributed by atoms with Crippen LogP contribution in [0.2, 0.25) is 0 Å². The molecule has 2 N–H and O–H groups in total. The van der Waals surface area contributed by atoms with Crippen molar-refractivity contribution < 1.29 is 33.3 Å². The number of hydrogen-bond donors (Lipinski definition) is 1. The van der Waals surface area contributed by atoms with Crippen LogP contribution in [-0.2, 0) is 30.1 Å². The smallest absolute Gasteiger partial charge is 0.340 e. The van der Waals surface area contributed by atoms with Gasteiger partial charge in [-0.15, -0.1) is 0 Å². The molecule has 9 nitrogen and oxygen atoms in total. The van der Waals surface area contributed by atoms with E-state index >= 15 is 0 Å². The first kappa shape index (κ1) is 25.4. The van der Waals surface area contributed by atoms with Gasteiger partial charge in [-0.2, -0.15) is 4.83 Å². The highest BCUT2D eigenvalue weighted by Gasteiger charge is 2.31. The van der Waals surface area contributed by atoms with Crippen LogP contribution in [0.25, 0.3) is 11.1 Å². The monoisotopic (exact) mass is 464 g/mol. The van der Waals surface area contributed by atoms with E-state index in [2.05, 4.69) is 0 Å². The summed E-state index contributed by atoms with van der Waals surface area (Å²) in [5.74, 6) is -1.79. The Morgan fingerprint density at radius 2 is 1.34 bits per heavy atom. The normalized spacial score (nSPS) is 11.3. The van der Waals surface area contributed by atoms with Gasteiger partial charge in [0.25, 0.3) is 5.91 Å². The lowest BCUT2D eigenvalue weighted by molar-refractivity contribution is -0.157. The number of ether oxygens (including phenoxy) is 2. The fraction of sp³-hybridized carbons (Fsp3) is 0.409. The largest absolute Gasteiger partial charge is 0.462 e. The molecule has 0 heterocycles. The molecule has 0 saturated carbocycles. The summed E-state index contributed by atoms with van der Waals surface area (Å²) in [6, 6.07) is 6.48. The Morgan fingerprint density at radius 3 is 1.72 bits per heavy atom. The topological polar surface area (TPSA) is 125 Å². The minimum Gasteiger partial charge on any atom is -0.462 e. The van der Waals surface area contributed by atoms with E-state index < -0.39 is 25.1 Å². The van der Waals surface area contributed by atoms with E-state index in [1.54, 1.807) is 45.0 Å². The Balaban J connectivity index is 2.56. The van der Waals surface area contributed by atoms with Gasteiger partial charge in [-0.25, -0.2) is 9.59 Å². The van der Waals surface area contributed by atoms with Gasteiger partial charge in [0, 0.05) is 13.3 Å². The molecule has 2 aliphatic rings. The number of anilines is 1. The van der Waals surface area contributed by atoms with Gasteiger partial charge < -0.3 is 15.2 Å². The third kappa shape index (κ3) is 5.47. The van der Waals surface area contributed by atoms with Gasteiger partial charge in [0.05, 0.1) is 43.1 Å². The van der Waals surface area contributed by atoms with Crippen molar-refractivity contribution in [2.24, 2.45) is 0 Å². The number of hydroxylamine groups is 1. The van der Waals surface area contributed by atoms with E-state index in [0.29, 0.717) is 16.7 Å². The molecule has 0 bridgehead atoms. The lowest BCUT2D eigenvalue weighted by Gasteiger charge is -2.24. The second-order valence-corrected chi connectivity index (χ2v) is 10.2. The van der Waals surface area contributed by atoms with Crippen molar-refractivity contribution in [1.82, 2.24) is 4.83 Å². The second-order valence-electron chi connectivity index (χ2n) is 7.23. The summed E-state index contributed by atoms with van der Waals surface area (Å²) in [6.07, 6.45) is -0.0953. The molecule has 1 amide bonds. The summed E-state index contributed by atoms with van der Waals surface area (Å²) in [6.45, 7) is 8.39. The number of carbonyl (C=O) groups is 3. The Morgan fingerprint density at radius 1 is 0.875 bits per heavy atom. The Labute approximate surface area is 187 Å². The van der Waals surface area contributed by atoms with Crippen LogP contribution in [0.1, 0.15) is 47.1 Å². The molecule has 0 aromatic carbocycles. The molecule has 0 atom stereocenters. The maximum Gasteiger partial charge on any atom is 0.340 e. The van der Waals surface area contributed by atoms with E-state index in [1.807, 2.05) is 0 Å². The predicted molar refractivity (Wildman–Crippen MR) is 121 cm³/mol. The molecule has 2 rings (SSSR count). The molecule has 0 aromatic heterocycles. The predicted octanol–water partition coefficient (Wildman–Crippen LogP) is 3.59. The van der Waals surface area contributed by atoms with Crippen LogP contribution in [0.15, 0.2) is 24.3 Å². The van der Waals surface area contributed by atoms with Crippen LogP contribution < -0.4 is 5.73 Å². The molecule has 0 spiro atoms. The molecule has 174 valence electrons. The van der Waals surface area contributed by atoms with Crippen LogP contribution in [-0.4, -0.2) is 55.8 Å². The minimum absolute atomic E-state index is 0.0128. The summed E-state index contributed by atoms with van der Waals surface area (Å²) in [4.78, 5) is 44.0. The molecule has 2 aliphatic carbocycles. The van der Waals surface area contributed by atoms with E-state index in [-0.39, 0.29) is 43.1 Å². The van der Waals surface area contributed by atoms with E-state index in [1.165, 1.54) is 13.3 Å². The fourth-order valence-electron chi connectivity index (χ4n) is 3.28. The third-order valence-corrected chi connectivity index (χ3v) is 5.73. The molecule has 32 heavy (non-hydrogen) atoms. The van der Waals surface area contributed by atoms with Crippen molar-refractivity contribution in [3.8, 4) is 11.1 Å². The number of hydrogen-bond acceptors (Lipinski definition) is 8. The summed E-state index contributed by atoms with van der Waals surface area (Å²) in [7, 11) is -2.98. The van der Waals surface area contributed by atoms with Gasteiger partial charge in [-0.3, -0.25) is 14.2 Å². The number of amides is 1. The molecule has 10 heteroatoms. The second kappa shape index (κ2) is 10.6. The van der Waals surface area contributed by atoms with Crippen molar-refractivity contribution >= 4 is 30.8 Å². The van der Waals surface area contributed by atoms with Crippen molar-refractivity contribution in [2.75, 3.05) is 38.9 Å². The van der Waals surface area contributed by atoms with Crippen LogP contribution in [0.5, 0.6) is 0 Å². The van der Waals surface area contributed by atoms with Crippen molar-refractivity contribution in [2.45, 2.75) is 27.2 Å². The van der Waals surface area contributed by atoms with Gasteiger partial charge in [-0.05, 0) is 37.5 Å². The average Bonchev–Trinajstić information content (AvgIpc) is 2.84. The zero-order valence-electron chi connectivity index (χ0n) is 19.0. The van der Waals surface area contributed by atoms with Crippen LogP contribution in [0.3, 0.4) is 0 Å². The van der Waals surface area contributed by atoms with Crippen LogP contribution in [0, 0.1) is 0 Å². The fourth-order valence-corrected chi connectivity index (χ4v) is 4.28. The average molecular weight is 464 g/mol.